The molecule has 3 aromatic rings. The minimum absolute atomic E-state index is 0.647. The van der Waals surface area contributed by atoms with Gasteiger partial charge in [0, 0.05) is 25.8 Å². The van der Waals surface area contributed by atoms with Crippen LogP contribution in [0.3, 0.4) is 0 Å². The van der Waals surface area contributed by atoms with Gasteiger partial charge < -0.3 is 9.47 Å². The molecule has 0 unspecified atom stereocenters. The molecule has 126 valence electrons. The van der Waals surface area contributed by atoms with Crippen LogP contribution in [0.2, 0.25) is 0 Å². The second-order valence-corrected chi connectivity index (χ2v) is 6.97. The van der Waals surface area contributed by atoms with E-state index in [-0.39, 0.29) is 0 Å². The van der Waals surface area contributed by atoms with E-state index in [1.807, 2.05) is 29.8 Å². The van der Waals surface area contributed by atoms with Crippen molar-refractivity contribution in [3.8, 4) is 0 Å². The summed E-state index contributed by atoms with van der Waals surface area (Å²) in [6.07, 6.45) is 4.76. The van der Waals surface area contributed by atoms with Crippen LogP contribution < -0.4 is 4.90 Å². The first kappa shape index (κ1) is 14.6. The quantitative estimate of drug-likeness (QED) is 0.640. The number of hydrogen-bond acceptors (Lipinski definition) is 4. The lowest BCUT2D eigenvalue weighted by Crippen LogP contribution is -2.34. The second-order valence-electron chi connectivity index (χ2n) is 6.97. The summed E-state index contributed by atoms with van der Waals surface area (Å²) in [7, 11) is 1.98. The first-order chi connectivity index (χ1) is 12.3. The Bertz CT molecular complexity index is 954. The molecule has 5 heteroatoms. The van der Waals surface area contributed by atoms with Crippen LogP contribution in [0.15, 0.2) is 46.6 Å². The lowest BCUT2D eigenvalue weighted by molar-refractivity contribution is 0.634. The number of nitrogens with zero attached hydrogens (tertiary/aromatic N) is 5. The fourth-order valence-corrected chi connectivity index (χ4v) is 4.17. The molecule has 0 bridgehead atoms. The van der Waals surface area contributed by atoms with Gasteiger partial charge >= 0.3 is 0 Å². The van der Waals surface area contributed by atoms with Crippen LogP contribution in [0.4, 0.5) is 17.3 Å². The van der Waals surface area contributed by atoms with E-state index in [4.69, 9.17) is 0 Å². The molecule has 5 rings (SSSR count). The molecule has 2 aliphatic rings. The van der Waals surface area contributed by atoms with Gasteiger partial charge in [0.1, 0.15) is 0 Å². The predicted octanol–water partition coefficient (Wildman–Crippen LogP) is 4.69. The molecule has 0 fully saturated rings. The maximum absolute atomic E-state index is 4.57. The van der Waals surface area contributed by atoms with Crippen molar-refractivity contribution in [3.63, 3.8) is 0 Å². The van der Waals surface area contributed by atoms with Gasteiger partial charge in [0.2, 0.25) is 5.95 Å². The van der Waals surface area contributed by atoms with E-state index in [2.05, 4.69) is 38.3 Å². The van der Waals surface area contributed by atoms with Crippen molar-refractivity contribution in [2.45, 2.75) is 25.7 Å². The van der Waals surface area contributed by atoms with Crippen molar-refractivity contribution in [3.05, 3.63) is 47.5 Å². The molecule has 0 saturated carbocycles. The Morgan fingerprint density at radius 2 is 1.68 bits per heavy atom. The molecule has 0 spiro atoms. The maximum Gasteiger partial charge on any atom is 0.250 e. The molecule has 0 amide bonds. The van der Waals surface area contributed by atoms with Gasteiger partial charge in [0.05, 0.1) is 16.7 Å². The highest BCUT2D eigenvalue weighted by molar-refractivity contribution is 5.77. The third-order valence-corrected chi connectivity index (χ3v) is 5.34. The number of rotatable bonds is 2. The van der Waals surface area contributed by atoms with Gasteiger partial charge in [-0.1, -0.05) is 12.1 Å². The minimum Gasteiger partial charge on any atom is -0.371 e. The Kier molecular flexibility index (Phi) is 3.33. The number of aryl methyl sites for hydroxylation is 3. The highest BCUT2D eigenvalue weighted by Gasteiger charge is 2.24. The topological polar surface area (TPSA) is 45.8 Å². The summed E-state index contributed by atoms with van der Waals surface area (Å²) >= 11 is 0. The zero-order valence-electron chi connectivity index (χ0n) is 14.4. The SMILES string of the molecule is Cn1c(N=Nc2cc3c4c(c2)CCCN4CCC3)nc2ccccc21. The number of hydrogen-bond donors (Lipinski definition) is 0. The van der Waals surface area contributed by atoms with E-state index in [0.29, 0.717) is 5.95 Å². The number of imidazole rings is 1. The van der Waals surface area contributed by atoms with Crippen LogP contribution in [0.1, 0.15) is 24.0 Å². The fraction of sp³-hybridized carbons (Fsp3) is 0.350. The van der Waals surface area contributed by atoms with Gasteiger partial charge in [-0.25, -0.2) is 4.98 Å². The highest BCUT2D eigenvalue weighted by atomic mass is 15.3. The fourth-order valence-electron chi connectivity index (χ4n) is 4.17. The lowest BCUT2D eigenvalue weighted by atomic mass is 9.91. The smallest absolute Gasteiger partial charge is 0.250 e. The molecule has 1 aromatic heterocycles. The monoisotopic (exact) mass is 331 g/mol. The number of anilines is 1. The predicted molar refractivity (Wildman–Crippen MR) is 100 cm³/mol. The molecule has 0 aliphatic carbocycles. The van der Waals surface area contributed by atoms with E-state index in [1.54, 1.807) is 0 Å². The molecule has 2 aliphatic heterocycles. The second kappa shape index (κ2) is 5.69. The van der Waals surface area contributed by atoms with Gasteiger partial charge in [-0.05, 0) is 61.1 Å². The largest absolute Gasteiger partial charge is 0.371 e. The van der Waals surface area contributed by atoms with Crippen LogP contribution in [0, 0.1) is 0 Å². The number of azo groups is 1. The molecular weight excluding hydrogens is 310 g/mol. The van der Waals surface area contributed by atoms with Crippen LogP contribution >= 0.6 is 0 Å². The third-order valence-electron chi connectivity index (χ3n) is 5.34. The maximum atomic E-state index is 4.57. The van der Waals surface area contributed by atoms with Crippen molar-refractivity contribution in [2.75, 3.05) is 18.0 Å². The van der Waals surface area contributed by atoms with Gasteiger partial charge in [0.15, 0.2) is 0 Å². The Labute approximate surface area is 147 Å². The zero-order chi connectivity index (χ0) is 16.8. The molecular formula is C20H21N5. The Balaban J connectivity index is 1.53. The van der Waals surface area contributed by atoms with Crippen LogP contribution in [-0.2, 0) is 19.9 Å². The van der Waals surface area contributed by atoms with Crippen molar-refractivity contribution in [2.24, 2.45) is 17.3 Å². The van der Waals surface area contributed by atoms with E-state index < -0.39 is 0 Å². The van der Waals surface area contributed by atoms with Crippen molar-refractivity contribution < 1.29 is 0 Å². The molecule has 0 N–H and O–H groups in total. The Morgan fingerprint density at radius 1 is 0.960 bits per heavy atom. The highest BCUT2D eigenvalue weighted by Crippen LogP contribution is 2.38. The van der Waals surface area contributed by atoms with Crippen molar-refractivity contribution >= 4 is 28.4 Å². The molecule has 5 nitrogen and oxygen atoms in total. The average Bonchev–Trinajstić information content (AvgIpc) is 2.97. The third kappa shape index (κ3) is 2.42. The minimum atomic E-state index is 0.647. The van der Waals surface area contributed by atoms with Crippen LogP contribution in [-0.4, -0.2) is 22.6 Å². The number of para-hydroxylation sites is 2. The summed E-state index contributed by atoms with van der Waals surface area (Å²) in [5.41, 5.74) is 7.32. The molecule has 0 radical (unpaired) electrons. The van der Waals surface area contributed by atoms with E-state index in [1.165, 1.54) is 42.7 Å². The zero-order valence-corrected chi connectivity index (χ0v) is 14.4. The van der Waals surface area contributed by atoms with Crippen molar-refractivity contribution in [1.29, 1.82) is 0 Å². The van der Waals surface area contributed by atoms with E-state index in [0.717, 1.165) is 29.6 Å². The first-order valence-corrected chi connectivity index (χ1v) is 9.03. The van der Waals surface area contributed by atoms with Gasteiger partial charge in [0.25, 0.3) is 0 Å². The molecule has 3 heterocycles. The van der Waals surface area contributed by atoms with Gasteiger partial charge in [-0.3, -0.25) is 0 Å². The van der Waals surface area contributed by atoms with E-state index >= 15 is 0 Å². The average molecular weight is 331 g/mol. The summed E-state index contributed by atoms with van der Waals surface area (Å²) in [6.45, 7) is 2.39. The number of benzene rings is 2. The summed E-state index contributed by atoms with van der Waals surface area (Å²) in [6, 6.07) is 12.5. The van der Waals surface area contributed by atoms with E-state index in [9.17, 15) is 0 Å². The Morgan fingerprint density at radius 3 is 2.40 bits per heavy atom. The standard InChI is InChI=1S/C20H21N5/c1-24-18-9-3-2-8-17(18)21-20(24)23-22-16-12-14-6-4-10-25-11-5-7-15(13-16)19(14)25/h2-3,8-9,12-13H,4-7,10-11H2,1H3. The molecule has 2 aromatic carbocycles. The molecule has 25 heavy (non-hydrogen) atoms. The van der Waals surface area contributed by atoms with Crippen LogP contribution in [0.25, 0.3) is 11.0 Å². The number of aromatic nitrogens is 2. The van der Waals surface area contributed by atoms with Crippen LogP contribution in [0.5, 0.6) is 0 Å². The summed E-state index contributed by atoms with van der Waals surface area (Å²) in [5.74, 6) is 0.647. The van der Waals surface area contributed by atoms with Crippen molar-refractivity contribution in [1.82, 2.24) is 9.55 Å². The normalized spacial score (nSPS) is 16.6. The van der Waals surface area contributed by atoms with Gasteiger partial charge in [-0.15, -0.1) is 10.2 Å². The molecule has 0 atom stereocenters. The summed E-state index contributed by atoms with van der Waals surface area (Å²) in [5, 5.41) is 8.96. The Hall–Kier alpha value is -2.69. The number of fused-ring (bicyclic) bond motifs is 1. The summed E-state index contributed by atoms with van der Waals surface area (Å²) in [4.78, 5) is 7.12. The summed E-state index contributed by atoms with van der Waals surface area (Å²) < 4.78 is 1.99. The molecule has 0 saturated heterocycles. The first-order valence-electron chi connectivity index (χ1n) is 9.03. The van der Waals surface area contributed by atoms with Gasteiger partial charge in [-0.2, -0.15) is 0 Å². The lowest BCUT2D eigenvalue weighted by Gasteiger charge is -2.36.